The molecular formula is C8H17BO. The molecular weight excluding hydrogens is 123 g/mol. The minimum absolute atomic E-state index is 0.275. The Hall–Kier alpha value is 0.0249. The van der Waals surface area contributed by atoms with E-state index in [1.165, 1.54) is 0 Å². The fraction of sp³-hybridized carbons (Fsp3) is 1.00. The van der Waals surface area contributed by atoms with Crippen molar-refractivity contribution in [1.29, 1.82) is 0 Å². The van der Waals surface area contributed by atoms with Crippen molar-refractivity contribution >= 4 is 7.85 Å². The maximum atomic E-state index is 8.81. The van der Waals surface area contributed by atoms with E-state index in [1.807, 2.05) is 0 Å². The van der Waals surface area contributed by atoms with Crippen molar-refractivity contribution in [1.82, 2.24) is 0 Å². The lowest BCUT2D eigenvalue weighted by Gasteiger charge is -2.15. The standard InChI is InChI=1S/C8H17BO/c1-3-7(6-10)5-8(9)4-2/h7-8,10H,3-6H2,1-2H3. The molecule has 0 amide bonds. The monoisotopic (exact) mass is 140 g/mol. The molecule has 0 aliphatic rings. The number of rotatable bonds is 5. The molecule has 0 heterocycles. The fourth-order valence-corrected chi connectivity index (χ4v) is 0.965. The first kappa shape index (κ1) is 10.0. The van der Waals surface area contributed by atoms with Crippen molar-refractivity contribution < 1.29 is 5.11 Å². The third kappa shape index (κ3) is 3.94. The molecule has 2 atom stereocenters. The Morgan fingerprint density at radius 1 is 1.30 bits per heavy atom. The zero-order valence-electron chi connectivity index (χ0n) is 7.01. The summed E-state index contributed by atoms with van der Waals surface area (Å²) in [5.74, 6) is 0.687. The number of hydrogen-bond donors (Lipinski definition) is 1. The van der Waals surface area contributed by atoms with Gasteiger partial charge in [-0.2, -0.15) is 0 Å². The van der Waals surface area contributed by atoms with Crippen LogP contribution >= 0.6 is 0 Å². The first-order chi connectivity index (χ1) is 4.74. The highest BCUT2D eigenvalue weighted by Gasteiger charge is 2.07. The minimum Gasteiger partial charge on any atom is -0.396 e. The van der Waals surface area contributed by atoms with Crippen molar-refractivity contribution in [2.24, 2.45) is 5.92 Å². The van der Waals surface area contributed by atoms with Gasteiger partial charge in [0.15, 0.2) is 0 Å². The summed E-state index contributed by atoms with van der Waals surface area (Å²) in [5, 5.41) is 8.81. The zero-order chi connectivity index (χ0) is 7.98. The fourth-order valence-electron chi connectivity index (χ4n) is 0.965. The van der Waals surface area contributed by atoms with Gasteiger partial charge in [-0.05, 0) is 5.92 Å². The Kier molecular flexibility index (Phi) is 5.80. The van der Waals surface area contributed by atoms with Gasteiger partial charge >= 0.3 is 0 Å². The van der Waals surface area contributed by atoms with Crippen molar-refractivity contribution in [3.05, 3.63) is 0 Å². The molecule has 1 nitrogen and oxygen atoms in total. The molecule has 1 N–H and O–H groups in total. The van der Waals surface area contributed by atoms with Gasteiger partial charge in [-0.3, -0.25) is 0 Å². The van der Waals surface area contributed by atoms with Gasteiger partial charge in [-0.15, -0.1) is 0 Å². The molecule has 0 rings (SSSR count). The SMILES string of the molecule is [B]C(CC)CC(CC)CO. The molecule has 2 radical (unpaired) electrons. The number of aliphatic hydroxyl groups excluding tert-OH is 1. The first-order valence-electron chi connectivity index (χ1n) is 4.11. The molecule has 0 saturated carbocycles. The molecule has 0 aliphatic carbocycles. The highest BCUT2D eigenvalue weighted by Crippen LogP contribution is 2.19. The van der Waals surface area contributed by atoms with Gasteiger partial charge in [-0.1, -0.05) is 38.9 Å². The van der Waals surface area contributed by atoms with E-state index in [0.717, 1.165) is 19.3 Å². The normalized spacial score (nSPS) is 16.7. The predicted octanol–water partition coefficient (Wildman–Crippen LogP) is 1.76. The molecule has 58 valence electrons. The molecule has 0 bridgehead atoms. The van der Waals surface area contributed by atoms with Crippen LogP contribution in [-0.4, -0.2) is 19.6 Å². The Bertz CT molecular complexity index is 71.7. The topological polar surface area (TPSA) is 20.2 Å². The summed E-state index contributed by atoms with van der Waals surface area (Å²) in [6, 6.07) is 0. The number of hydrogen-bond acceptors (Lipinski definition) is 1. The van der Waals surface area contributed by atoms with Gasteiger partial charge in [0.1, 0.15) is 0 Å². The van der Waals surface area contributed by atoms with Crippen LogP contribution in [0.2, 0.25) is 5.82 Å². The summed E-state index contributed by atoms with van der Waals surface area (Å²) in [6.07, 6.45) is 3.00. The van der Waals surface area contributed by atoms with Crippen LogP contribution in [0, 0.1) is 5.92 Å². The highest BCUT2D eigenvalue weighted by molar-refractivity contribution is 6.11. The van der Waals surface area contributed by atoms with Crippen LogP contribution in [0.5, 0.6) is 0 Å². The minimum atomic E-state index is 0.275. The molecule has 0 aliphatic heterocycles. The maximum Gasteiger partial charge on any atom is 0.0699 e. The van der Waals surface area contributed by atoms with Crippen LogP contribution in [0.1, 0.15) is 33.1 Å². The van der Waals surface area contributed by atoms with Crippen LogP contribution in [0.25, 0.3) is 0 Å². The Labute approximate surface area is 65.2 Å². The Balaban J connectivity index is 3.41. The van der Waals surface area contributed by atoms with Gasteiger partial charge in [0.05, 0.1) is 7.85 Å². The van der Waals surface area contributed by atoms with Crippen molar-refractivity contribution in [2.75, 3.05) is 6.61 Å². The van der Waals surface area contributed by atoms with Crippen molar-refractivity contribution in [2.45, 2.75) is 38.9 Å². The molecule has 0 aromatic carbocycles. The summed E-state index contributed by atoms with van der Waals surface area (Å²) in [5.41, 5.74) is 0. The molecule has 0 spiro atoms. The van der Waals surface area contributed by atoms with Crippen LogP contribution in [-0.2, 0) is 0 Å². The van der Waals surface area contributed by atoms with E-state index in [4.69, 9.17) is 13.0 Å². The average Bonchev–Trinajstić information content (AvgIpc) is 1.99. The third-order valence-electron chi connectivity index (χ3n) is 2.00. The second-order valence-corrected chi connectivity index (χ2v) is 2.86. The highest BCUT2D eigenvalue weighted by atomic mass is 16.3. The molecule has 0 saturated heterocycles. The van der Waals surface area contributed by atoms with Crippen LogP contribution in [0.3, 0.4) is 0 Å². The first-order valence-corrected chi connectivity index (χ1v) is 4.11. The molecule has 2 heteroatoms. The lowest BCUT2D eigenvalue weighted by Crippen LogP contribution is -2.07. The smallest absolute Gasteiger partial charge is 0.0699 e. The summed E-state index contributed by atoms with van der Waals surface area (Å²) in [4.78, 5) is 0. The largest absolute Gasteiger partial charge is 0.396 e. The van der Waals surface area contributed by atoms with Gasteiger partial charge in [0, 0.05) is 6.61 Å². The van der Waals surface area contributed by atoms with Crippen LogP contribution in [0.15, 0.2) is 0 Å². The average molecular weight is 140 g/mol. The summed E-state index contributed by atoms with van der Waals surface area (Å²) < 4.78 is 0. The summed E-state index contributed by atoms with van der Waals surface area (Å²) >= 11 is 0. The number of aliphatic hydroxyl groups is 1. The molecule has 0 aromatic rings. The van der Waals surface area contributed by atoms with E-state index in [0.29, 0.717) is 5.92 Å². The van der Waals surface area contributed by atoms with E-state index in [9.17, 15) is 0 Å². The molecule has 2 unspecified atom stereocenters. The lowest BCUT2D eigenvalue weighted by molar-refractivity contribution is 0.212. The van der Waals surface area contributed by atoms with Crippen molar-refractivity contribution in [3.8, 4) is 0 Å². The van der Waals surface area contributed by atoms with E-state index in [-0.39, 0.29) is 12.4 Å². The van der Waals surface area contributed by atoms with Crippen LogP contribution in [0.4, 0.5) is 0 Å². The van der Waals surface area contributed by atoms with Gasteiger partial charge in [0.25, 0.3) is 0 Å². The zero-order valence-corrected chi connectivity index (χ0v) is 7.01. The maximum absolute atomic E-state index is 8.81. The van der Waals surface area contributed by atoms with Crippen molar-refractivity contribution in [3.63, 3.8) is 0 Å². The van der Waals surface area contributed by atoms with Gasteiger partial charge < -0.3 is 5.11 Å². The van der Waals surface area contributed by atoms with Crippen LogP contribution < -0.4 is 0 Å². The lowest BCUT2D eigenvalue weighted by atomic mass is 9.78. The van der Waals surface area contributed by atoms with Gasteiger partial charge in [0.2, 0.25) is 0 Å². The molecule has 0 aromatic heterocycles. The third-order valence-corrected chi connectivity index (χ3v) is 2.00. The Morgan fingerprint density at radius 2 is 1.90 bits per heavy atom. The van der Waals surface area contributed by atoms with Gasteiger partial charge in [-0.25, -0.2) is 0 Å². The summed E-state index contributed by atoms with van der Waals surface area (Å²) in [7, 11) is 5.71. The second-order valence-electron chi connectivity index (χ2n) is 2.86. The predicted molar refractivity (Wildman–Crippen MR) is 45.3 cm³/mol. The quantitative estimate of drug-likeness (QED) is 0.577. The Morgan fingerprint density at radius 3 is 2.20 bits per heavy atom. The second kappa shape index (κ2) is 5.78. The van der Waals surface area contributed by atoms with E-state index < -0.39 is 0 Å². The summed E-state index contributed by atoms with van der Waals surface area (Å²) in [6.45, 7) is 4.45. The molecule has 10 heavy (non-hydrogen) atoms. The van der Waals surface area contributed by atoms with E-state index in [1.54, 1.807) is 0 Å². The van der Waals surface area contributed by atoms with E-state index >= 15 is 0 Å². The van der Waals surface area contributed by atoms with E-state index in [2.05, 4.69) is 13.8 Å². The molecule has 0 fully saturated rings.